The van der Waals surface area contributed by atoms with Crippen molar-refractivity contribution in [2.75, 3.05) is 30.3 Å². The Kier molecular flexibility index (Phi) is 7.56. The van der Waals surface area contributed by atoms with Crippen LogP contribution in [-0.2, 0) is 14.8 Å². The molecule has 0 aromatic heterocycles. The molecular weight excluding hydrogens is 414 g/mol. The van der Waals surface area contributed by atoms with Crippen molar-refractivity contribution in [3.05, 3.63) is 48.0 Å². The zero-order chi connectivity index (χ0) is 22.4. The molecule has 168 valence electrons. The molecule has 2 N–H and O–H groups in total. The number of sulfonamides is 1. The summed E-state index contributed by atoms with van der Waals surface area (Å²) >= 11 is 0. The number of nitrogens with zero attached hydrogens (tertiary/aromatic N) is 1. The van der Waals surface area contributed by atoms with Crippen LogP contribution in [0, 0.1) is 6.92 Å². The van der Waals surface area contributed by atoms with Gasteiger partial charge in [-0.15, -0.1) is 0 Å². The average molecular weight is 446 g/mol. The first kappa shape index (κ1) is 23.1. The second-order valence-corrected chi connectivity index (χ2v) is 9.94. The molecule has 1 aliphatic heterocycles. The van der Waals surface area contributed by atoms with Gasteiger partial charge in [0, 0.05) is 18.8 Å². The number of benzene rings is 2. The number of anilines is 2. The Morgan fingerprint density at radius 1 is 1.06 bits per heavy atom. The molecule has 0 spiro atoms. The zero-order valence-electron chi connectivity index (χ0n) is 18.3. The van der Waals surface area contributed by atoms with Crippen LogP contribution in [0.1, 0.15) is 38.7 Å². The smallest absolute Gasteiger partial charge is 0.243 e. The minimum atomic E-state index is -3.59. The monoisotopic (exact) mass is 445 g/mol. The van der Waals surface area contributed by atoms with Gasteiger partial charge in [-0.1, -0.05) is 24.6 Å². The van der Waals surface area contributed by atoms with Gasteiger partial charge in [0.05, 0.1) is 23.2 Å². The largest absolute Gasteiger partial charge is 0.489 e. The maximum atomic E-state index is 13.1. The molecule has 2 aromatic rings. The summed E-state index contributed by atoms with van der Waals surface area (Å²) in [5, 5.41) is 5.92. The molecule has 2 aromatic carbocycles. The molecule has 0 atom stereocenters. The van der Waals surface area contributed by atoms with Crippen LogP contribution in [0.25, 0.3) is 0 Å². The summed E-state index contributed by atoms with van der Waals surface area (Å²) in [7, 11) is -3.59. The van der Waals surface area contributed by atoms with Gasteiger partial charge in [0.25, 0.3) is 0 Å². The lowest BCUT2D eigenvalue weighted by Gasteiger charge is -2.26. The van der Waals surface area contributed by atoms with Gasteiger partial charge in [0.1, 0.15) is 5.75 Å². The molecule has 0 unspecified atom stereocenters. The molecule has 1 saturated heterocycles. The van der Waals surface area contributed by atoms with Crippen molar-refractivity contribution in [2.45, 2.75) is 51.0 Å². The van der Waals surface area contributed by atoms with E-state index in [1.165, 1.54) is 4.31 Å². The number of rotatable bonds is 8. The first-order chi connectivity index (χ1) is 14.8. The van der Waals surface area contributed by atoms with Crippen molar-refractivity contribution in [2.24, 2.45) is 0 Å². The summed E-state index contributed by atoms with van der Waals surface area (Å²) in [4.78, 5) is 12.7. The number of ether oxygens (including phenoxy) is 1. The van der Waals surface area contributed by atoms with Gasteiger partial charge in [-0.2, -0.15) is 4.31 Å². The number of para-hydroxylation sites is 1. The summed E-state index contributed by atoms with van der Waals surface area (Å²) < 4.78 is 33.5. The second kappa shape index (κ2) is 10.2. The Balaban J connectivity index is 1.78. The minimum Gasteiger partial charge on any atom is -0.489 e. The van der Waals surface area contributed by atoms with E-state index >= 15 is 0 Å². The fourth-order valence-electron chi connectivity index (χ4n) is 3.50. The van der Waals surface area contributed by atoms with E-state index in [1.54, 1.807) is 18.2 Å². The molecule has 8 heteroatoms. The van der Waals surface area contributed by atoms with Gasteiger partial charge < -0.3 is 15.4 Å². The van der Waals surface area contributed by atoms with Crippen molar-refractivity contribution in [3.63, 3.8) is 0 Å². The van der Waals surface area contributed by atoms with Crippen molar-refractivity contribution in [3.8, 4) is 5.75 Å². The summed E-state index contributed by atoms with van der Waals surface area (Å²) in [5.41, 5.74) is 2.19. The number of carbonyl (C=O) groups excluding carboxylic acids is 1. The van der Waals surface area contributed by atoms with Crippen LogP contribution in [0.2, 0.25) is 0 Å². The van der Waals surface area contributed by atoms with Crippen molar-refractivity contribution < 1.29 is 17.9 Å². The molecule has 0 saturated carbocycles. The van der Waals surface area contributed by atoms with Gasteiger partial charge in [-0.05, 0) is 63.4 Å². The predicted molar refractivity (Wildman–Crippen MR) is 123 cm³/mol. The summed E-state index contributed by atoms with van der Waals surface area (Å²) in [6, 6.07) is 12.3. The zero-order valence-corrected chi connectivity index (χ0v) is 19.2. The normalized spacial score (nSPS) is 15.0. The number of amides is 1. The molecule has 7 nitrogen and oxygen atoms in total. The minimum absolute atomic E-state index is 0.0179. The molecule has 0 bridgehead atoms. The van der Waals surface area contributed by atoms with E-state index in [-0.39, 0.29) is 23.5 Å². The van der Waals surface area contributed by atoms with Crippen LogP contribution < -0.4 is 15.4 Å². The predicted octanol–water partition coefficient (Wildman–Crippen LogP) is 4.01. The van der Waals surface area contributed by atoms with E-state index in [2.05, 4.69) is 10.6 Å². The van der Waals surface area contributed by atoms with Gasteiger partial charge >= 0.3 is 0 Å². The third-order valence-corrected chi connectivity index (χ3v) is 7.02. The molecular formula is C23H31N3O4S. The lowest BCUT2D eigenvalue weighted by molar-refractivity contribution is -0.114. The highest BCUT2D eigenvalue weighted by Gasteiger charge is 2.27. The molecule has 0 radical (unpaired) electrons. The fraction of sp³-hybridized carbons (Fsp3) is 0.435. The maximum absolute atomic E-state index is 13.1. The standard InChI is InChI=1S/C23H31N3O4S/c1-17(2)30-22-12-11-19(31(28,29)26-13-7-4-8-14-26)15-21(22)24-16-23(27)25-20-10-6-5-9-18(20)3/h5-6,9-12,15,17,24H,4,7-8,13-14,16H2,1-3H3,(H,25,27). The molecule has 1 fully saturated rings. The molecule has 3 rings (SSSR count). The van der Waals surface area contributed by atoms with E-state index < -0.39 is 10.0 Å². The first-order valence-electron chi connectivity index (χ1n) is 10.7. The van der Waals surface area contributed by atoms with Crippen LogP contribution in [-0.4, -0.2) is 44.4 Å². The SMILES string of the molecule is Cc1ccccc1NC(=O)CNc1cc(S(=O)(=O)N2CCCCC2)ccc1OC(C)C. The lowest BCUT2D eigenvalue weighted by atomic mass is 10.2. The van der Waals surface area contributed by atoms with Gasteiger partial charge in [-0.3, -0.25) is 4.79 Å². The lowest BCUT2D eigenvalue weighted by Crippen LogP contribution is -2.35. The van der Waals surface area contributed by atoms with Gasteiger partial charge in [-0.25, -0.2) is 8.42 Å². The van der Waals surface area contributed by atoms with Crippen LogP contribution in [0.15, 0.2) is 47.4 Å². The van der Waals surface area contributed by atoms with Crippen LogP contribution in [0.3, 0.4) is 0 Å². The third-order valence-electron chi connectivity index (χ3n) is 5.13. The number of piperidine rings is 1. The number of hydrogen-bond acceptors (Lipinski definition) is 5. The molecule has 1 heterocycles. The maximum Gasteiger partial charge on any atom is 0.243 e. The molecule has 0 aliphatic carbocycles. The molecule has 1 amide bonds. The topological polar surface area (TPSA) is 87.7 Å². The van der Waals surface area contributed by atoms with Crippen LogP contribution >= 0.6 is 0 Å². The summed E-state index contributed by atoms with van der Waals surface area (Å²) in [6.45, 7) is 6.77. The quantitative estimate of drug-likeness (QED) is 0.641. The van der Waals surface area contributed by atoms with E-state index in [0.717, 1.165) is 30.5 Å². The second-order valence-electron chi connectivity index (χ2n) is 8.01. The Bertz CT molecular complexity index is 1020. The van der Waals surface area contributed by atoms with Crippen molar-refractivity contribution in [1.29, 1.82) is 0 Å². The summed E-state index contributed by atoms with van der Waals surface area (Å²) in [5.74, 6) is 0.283. The van der Waals surface area contributed by atoms with E-state index in [4.69, 9.17) is 4.74 Å². The number of aryl methyl sites for hydroxylation is 1. The van der Waals surface area contributed by atoms with E-state index in [0.29, 0.717) is 24.5 Å². The third kappa shape index (κ3) is 5.98. The average Bonchev–Trinajstić information content (AvgIpc) is 2.75. The first-order valence-corrected chi connectivity index (χ1v) is 12.1. The Morgan fingerprint density at radius 3 is 2.45 bits per heavy atom. The molecule has 1 aliphatic rings. The number of hydrogen-bond donors (Lipinski definition) is 2. The van der Waals surface area contributed by atoms with Crippen molar-refractivity contribution >= 4 is 27.3 Å². The highest BCUT2D eigenvalue weighted by Crippen LogP contribution is 2.31. The highest BCUT2D eigenvalue weighted by atomic mass is 32.2. The van der Waals surface area contributed by atoms with E-state index in [1.807, 2.05) is 45.0 Å². The Morgan fingerprint density at radius 2 is 1.77 bits per heavy atom. The van der Waals surface area contributed by atoms with Crippen molar-refractivity contribution in [1.82, 2.24) is 4.31 Å². The fourth-order valence-corrected chi connectivity index (χ4v) is 5.05. The highest BCUT2D eigenvalue weighted by molar-refractivity contribution is 7.89. The Labute approximate surface area is 184 Å². The van der Waals surface area contributed by atoms with E-state index in [9.17, 15) is 13.2 Å². The summed E-state index contributed by atoms with van der Waals surface area (Å²) in [6.07, 6.45) is 2.71. The van der Waals surface area contributed by atoms with Gasteiger partial charge in [0.2, 0.25) is 15.9 Å². The number of carbonyl (C=O) groups is 1. The van der Waals surface area contributed by atoms with Gasteiger partial charge in [0.15, 0.2) is 0 Å². The van der Waals surface area contributed by atoms with Crippen LogP contribution in [0.5, 0.6) is 5.75 Å². The van der Waals surface area contributed by atoms with Crippen LogP contribution in [0.4, 0.5) is 11.4 Å². The molecule has 31 heavy (non-hydrogen) atoms. The Hall–Kier alpha value is -2.58. The number of nitrogens with one attached hydrogen (secondary N) is 2.